The summed E-state index contributed by atoms with van der Waals surface area (Å²) in [6.45, 7) is 8.70. The Morgan fingerprint density at radius 3 is 1.94 bits per heavy atom. The maximum Gasteiger partial charge on any atom is 0.235 e. The Hall–Kier alpha value is -6.58. The average molecular weight is 694 g/mol. The predicted octanol–water partition coefficient (Wildman–Crippen LogP) is 13.7. The summed E-state index contributed by atoms with van der Waals surface area (Å²) in [5.41, 5.74) is 12.8. The van der Waals surface area contributed by atoms with E-state index in [2.05, 4.69) is 182 Å². The fourth-order valence-corrected chi connectivity index (χ4v) is 8.83. The lowest BCUT2D eigenvalue weighted by Gasteiger charge is -2.22. The monoisotopic (exact) mass is 693 g/mol. The Bertz CT molecular complexity index is 3100. The Balaban J connectivity index is 0.00000178. The molecule has 0 N–H and O–H groups in total. The standard InChI is InChI=1S/C49H33N3.C2H6/c1-49(2)42-22-11-10-19-37(42)38-25-24-34(28-43(38)49)36-20-12-21-39-41-27-32-16-6-7-17-33(32)29-44(41)52(47(36)39)48-50-45(31-14-4-3-5-15-31)40-26-23-30-13-8-9-18-35(30)46(40)51-48;1-2/h3-29H,1-2H3;1-2H3. The molecule has 54 heavy (non-hydrogen) atoms. The minimum atomic E-state index is -0.104. The van der Waals surface area contributed by atoms with Crippen LogP contribution in [-0.4, -0.2) is 14.5 Å². The van der Waals surface area contributed by atoms with Crippen LogP contribution in [0.1, 0.15) is 38.8 Å². The van der Waals surface area contributed by atoms with Gasteiger partial charge < -0.3 is 0 Å². The quantitative estimate of drug-likeness (QED) is 0.172. The van der Waals surface area contributed by atoms with Gasteiger partial charge in [-0.1, -0.05) is 167 Å². The highest BCUT2D eigenvalue weighted by atomic mass is 15.2. The van der Waals surface area contributed by atoms with Crippen LogP contribution < -0.4 is 0 Å². The third kappa shape index (κ3) is 4.68. The molecule has 3 heteroatoms. The number of nitrogens with zero attached hydrogens (tertiary/aromatic N) is 3. The lowest BCUT2D eigenvalue weighted by atomic mass is 9.81. The number of hydrogen-bond acceptors (Lipinski definition) is 2. The second-order valence-corrected chi connectivity index (χ2v) is 14.6. The lowest BCUT2D eigenvalue weighted by Crippen LogP contribution is -2.14. The second kappa shape index (κ2) is 12.2. The van der Waals surface area contributed by atoms with Gasteiger partial charge in [-0.2, -0.15) is 0 Å². The summed E-state index contributed by atoms with van der Waals surface area (Å²) in [4.78, 5) is 11.0. The van der Waals surface area contributed by atoms with Crippen molar-refractivity contribution in [2.75, 3.05) is 0 Å². The average Bonchev–Trinajstić information content (AvgIpc) is 3.68. The van der Waals surface area contributed by atoms with Crippen molar-refractivity contribution in [3.05, 3.63) is 175 Å². The number of para-hydroxylation sites is 1. The number of rotatable bonds is 3. The van der Waals surface area contributed by atoms with Crippen molar-refractivity contribution in [2.45, 2.75) is 33.1 Å². The topological polar surface area (TPSA) is 30.7 Å². The lowest BCUT2D eigenvalue weighted by molar-refractivity contribution is 0.660. The van der Waals surface area contributed by atoms with Gasteiger partial charge >= 0.3 is 0 Å². The smallest absolute Gasteiger partial charge is 0.235 e. The minimum Gasteiger partial charge on any atom is -0.277 e. The number of aromatic nitrogens is 3. The Morgan fingerprint density at radius 2 is 1.11 bits per heavy atom. The van der Waals surface area contributed by atoms with Gasteiger partial charge in [-0.05, 0) is 68.2 Å². The highest BCUT2D eigenvalue weighted by molar-refractivity contribution is 6.17. The molecular weight excluding hydrogens is 655 g/mol. The predicted molar refractivity (Wildman–Crippen MR) is 229 cm³/mol. The molecule has 8 aromatic carbocycles. The molecule has 1 aliphatic carbocycles. The molecule has 0 spiro atoms. The molecule has 11 rings (SSSR count). The Morgan fingerprint density at radius 1 is 0.444 bits per heavy atom. The minimum absolute atomic E-state index is 0.104. The van der Waals surface area contributed by atoms with E-state index in [0.29, 0.717) is 5.95 Å². The van der Waals surface area contributed by atoms with Crippen LogP contribution in [0.3, 0.4) is 0 Å². The number of fused-ring (bicyclic) bond motifs is 10. The maximum absolute atomic E-state index is 5.51. The first-order chi connectivity index (χ1) is 26.5. The van der Waals surface area contributed by atoms with Gasteiger partial charge in [-0.25, -0.2) is 9.97 Å². The first kappa shape index (κ1) is 32.1. The van der Waals surface area contributed by atoms with Crippen molar-refractivity contribution >= 4 is 54.3 Å². The number of hydrogen-bond donors (Lipinski definition) is 0. The molecular formula is C51H39N3. The fourth-order valence-electron chi connectivity index (χ4n) is 8.83. The molecule has 0 fully saturated rings. The molecule has 1 aliphatic rings. The van der Waals surface area contributed by atoms with Gasteiger partial charge in [0.1, 0.15) is 0 Å². The van der Waals surface area contributed by atoms with Gasteiger partial charge in [0.15, 0.2) is 0 Å². The van der Waals surface area contributed by atoms with E-state index in [1.807, 2.05) is 13.8 Å². The van der Waals surface area contributed by atoms with Crippen LogP contribution in [0, 0.1) is 0 Å². The van der Waals surface area contributed by atoms with Crippen molar-refractivity contribution in [1.29, 1.82) is 0 Å². The SMILES string of the molecule is CC.CC1(C)c2ccccc2-c2ccc(-c3cccc4c5cc6ccccc6cc5n(-c5nc(-c6ccccc6)c6ccc7ccccc7c6n5)c34)cc21. The van der Waals surface area contributed by atoms with E-state index in [9.17, 15) is 0 Å². The zero-order valence-corrected chi connectivity index (χ0v) is 30.9. The van der Waals surface area contributed by atoms with Crippen molar-refractivity contribution in [2.24, 2.45) is 0 Å². The van der Waals surface area contributed by atoms with E-state index in [1.165, 1.54) is 49.4 Å². The summed E-state index contributed by atoms with van der Waals surface area (Å²) in [7, 11) is 0. The van der Waals surface area contributed by atoms with Crippen molar-refractivity contribution < 1.29 is 0 Å². The third-order valence-corrected chi connectivity index (χ3v) is 11.4. The molecule has 0 saturated carbocycles. The Labute approximate surface area is 315 Å². The van der Waals surface area contributed by atoms with E-state index < -0.39 is 0 Å². The molecule has 2 aromatic heterocycles. The fraction of sp³-hybridized carbons (Fsp3) is 0.0980. The van der Waals surface area contributed by atoms with Crippen LogP contribution in [0.25, 0.3) is 93.7 Å². The normalized spacial score (nSPS) is 13.0. The highest BCUT2D eigenvalue weighted by Crippen LogP contribution is 2.50. The van der Waals surface area contributed by atoms with Crippen LogP contribution in [0.4, 0.5) is 0 Å². The van der Waals surface area contributed by atoms with Crippen LogP contribution in [-0.2, 0) is 5.41 Å². The molecule has 0 atom stereocenters. The van der Waals surface area contributed by atoms with E-state index in [-0.39, 0.29) is 5.41 Å². The highest BCUT2D eigenvalue weighted by Gasteiger charge is 2.35. The second-order valence-electron chi connectivity index (χ2n) is 14.6. The molecule has 0 radical (unpaired) electrons. The van der Waals surface area contributed by atoms with E-state index in [0.717, 1.165) is 49.5 Å². The molecule has 0 bridgehead atoms. The van der Waals surface area contributed by atoms with Gasteiger partial charge in [0.25, 0.3) is 0 Å². The first-order valence-corrected chi connectivity index (χ1v) is 19.0. The summed E-state index contributed by atoms with van der Waals surface area (Å²) in [6.07, 6.45) is 0. The van der Waals surface area contributed by atoms with Gasteiger partial charge in [0.2, 0.25) is 5.95 Å². The van der Waals surface area contributed by atoms with E-state index >= 15 is 0 Å². The molecule has 0 unspecified atom stereocenters. The molecule has 3 nitrogen and oxygen atoms in total. The molecule has 0 amide bonds. The van der Waals surface area contributed by atoms with Gasteiger partial charge in [0, 0.05) is 38.1 Å². The van der Waals surface area contributed by atoms with Crippen molar-refractivity contribution in [1.82, 2.24) is 14.5 Å². The van der Waals surface area contributed by atoms with Gasteiger partial charge in [0.05, 0.1) is 22.2 Å². The summed E-state index contributed by atoms with van der Waals surface area (Å²) in [6, 6.07) is 59.3. The zero-order valence-electron chi connectivity index (χ0n) is 30.9. The van der Waals surface area contributed by atoms with Crippen LogP contribution in [0.2, 0.25) is 0 Å². The summed E-state index contributed by atoms with van der Waals surface area (Å²) in [5.74, 6) is 0.666. The summed E-state index contributed by atoms with van der Waals surface area (Å²) in [5, 5.41) is 8.10. The summed E-state index contributed by atoms with van der Waals surface area (Å²) < 4.78 is 2.33. The van der Waals surface area contributed by atoms with Crippen LogP contribution >= 0.6 is 0 Å². The molecule has 10 aromatic rings. The Kier molecular flexibility index (Phi) is 7.28. The molecule has 0 aliphatic heterocycles. The van der Waals surface area contributed by atoms with Crippen molar-refractivity contribution in [3.8, 4) is 39.5 Å². The van der Waals surface area contributed by atoms with E-state index in [1.54, 1.807) is 0 Å². The van der Waals surface area contributed by atoms with Gasteiger partial charge in [-0.15, -0.1) is 0 Å². The van der Waals surface area contributed by atoms with Crippen molar-refractivity contribution in [3.63, 3.8) is 0 Å². The van der Waals surface area contributed by atoms with E-state index in [4.69, 9.17) is 9.97 Å². The first-order valence-electron chi connectivity index (χ1n) is 19.0. The van der Waals surface area contributed by atoms with Crippen LogP contribution in [0.5, 0.6) is 0 Å². The van der Waals surface area contributed by atoms with Crippen LogP contribution in [0.15, 0.2) is 164 Å². The molecule has 2 heterocycles. The van der Waals surface area contributed by atoms with Gasteiger partial charge in [-0.3, -0.25) is 4.57 Å². The molecule has 0 saturated heterocycles. The zero-order chi connectivity index (χ0) is 36.6. The molecule has 258 valence electrons. The third-order valence-electron chi connectivity index (χ3n) is 11.4. The number of benzene rings is 8. The largest absolute Gasteiger partial charge is 0.277 e. The summed E-state index contributed by atoms with van der Waals surface area (Å²) >= 11 is 0. The maximum atomic E-state index is 5.51.